The third kappa shape index (κ3) is 4.11. The molecule has 2 aliphatic rings. The van der Waals surface area contributed by atoms with E-state index in [1.807, 2.05) is 10.9 Å². The van der Waals surface area contributed by atoms with Crippen molar-refractivity contribution in [2.45, 2.75) is 64.7 Å². The largest absolute Gasteiger partial charge is 0.317 e. The molecule has 1 atom stereocenters. The van der Waals surface area contributed by atoms with Crippen LogP contribution in [-0.2, 0) is 18.6 Å². The minimum absolute atomic E-state index is 0. The molecule has 0 amide bonds. The average molecular weight is 397 g/mol. The number of hydrogen-bond acceptors (Lipinski definition) is 6. The Hall–Kier alpha value is -1.02. The van der Waals surface area contributed by atoms with E-state index < -0.39 is 0 Å². The minimum Gasteiger partial charge on any atom is -0.317 e. The molecule has 1 N–H and O–H groups in total. The second kappa shape index (κ2) is 7.54. The van der Waals surface area contributed by atoms with Gasteiger partial charge in [-0.2, -0.15) is 0 Å². The molecule has 1 spiro atoms. The SMILES string of the molecule is CC(C)(C)n1cc(CN(Cc2nccs2)C2CC23CCNCC3)nn1.Cl. The monoisotopic (exact) mass is 396 g/mol. The van der Waals surface area contributed by atoms with Crippen molar-refractivity contribution in [1.29, 1.82) is 0 Å². The lowest BCUT2D eigenvalue weighted by atomic mass is 9.93. The van der Waals surface area contributed by atoms with Gasteiger partial charge < -0.3 is 5.32 Å². The molecule has 2 fully saturated rings. The van der Waals surface area contributed by atoms with Crippen LogP contribution in [-0.4, -0.2) is 44.0 Å². The van der Waals surface area contributed by atoms with Crippen molar-refractivity contribution in [2.24, 2.45) is 5.41 Å². The molecule has 2 aromatic heterocycles. The van der Waals surface area contributed by atoms with Crippen molar-refractivity contribution < 1.29 is 0 Å². The van der Waals surface area contributed by atoms with E-state index in [0.29, 0.717) is 11.5 Å². The number of hydrogen-bond donors (Lipinski definition) is 1. The number of nitrogens with one attached hydrogen (secondary N) is 1. The van der Waals surface area contributed by atoms with Gasteiger partial charge in [-0.05, 0) is 58.5 Å². The molecule has 4 rings (SSSR count). The lowest BCUT2D eigenvalue weighted by Crippen LogP contribution is -2.35. The quantitative estimate of drug-likeness (QED) is 0.841. The number of piperidine rings is 1. The van der Waals surface area contributed by atoms with Gasteiger partial charge in [0.15, 0.2) is 0 Å². The van der Waals surface area contributed by atoms with E-state index >= 15 is 0 Å². The van der Waals surface area contributed by atoms with Crippen molar-refractivity contribution in [2.75, 3.05) is 13.1 Å². The molecule has 1 unspecified atom stereocenters. The van der Waals surface area contributed by atoms with Crippen LogP contribution < -0.4 is 5.32 Å². The molecule has 1 aliphatic heterocycles. The Morgan fingerprint density at radius 3 is 2.69 bits per heavy atom. The standard InChI is InChI=1S/C18H28N6S.ClH/c1-17(2,3)24-12-14(21-22-24)11-23(13-16-20-8-9-25-16)15-10-18(15)4-6-19-7-5-18;/h8-9,12,15,19H,4-7,10-11,13H2,1-3H3;1H. The van der Waals surface area contributed by atoms with E-state index in [0.717, 1.165) is 31.9 Å². The zero-order chi connectivity index (χ0) is 17.5. The normalized spacial score (nSPS) is 21.8. The predicted octanol–water partition coefficient (Wildman–Crippen LogP) is 3.06. The minimum atomic E-state index is -0.0266. The second-order valence-electron chi connectivity index (χ2n) is 8.49. The van der Waals surface area contributed by atoms with Gasteiger partial charge in [-0.15, -0.1) is 28.8 Å². The average Bonchev–Trinajstić information content (AvgIpc) is 3.00. The summed E-state index contributed by atoms with van der Waals surface area (Å²) >= 11 is 1.75. The van der Waals surface area contributed by atoms with Crippen LogP contribution in [0.2, 0.25) is 0 Å². The molecular weight excluding hydrogens is 368 g/mol. The van der Waals surface area contributed by atoms with Gasteiger partial charge in [-0.25, -0.2) is 9.67 Å². The number of rotatable bonds is 5. The number of thiazole rings is 1. The van der Waals surface area contributed by atoms with Gasteiger partial charge in [-0.3, -0.25) is 4.90 Å². The van der Waals surface area contributed by atoms with Crippen LogP contribution in [0, 0.1) is 5.41 Å². The first-order valence-electron chi connectivity index (χ1n) is 9.21. The highest BCUT2D eigenvalue weighted by atomic mass is 35.5. The van der Waals surface area contributed by atoms with Crippen molar-refractivity contribution >= 4 is 23.7 Å². The van der Waals surface area contributed by atoms with Crippen molar-refractivity contribution in [1.82, 2.24) is 30.2 Å². The number of nitrogens with zero attached hydrogens (tertiary/aromatic N) is 5. The van der Waals surface area contributed by atoms with Gasteiger partial charge in [0.25, 0.3) is 0 Å². The number of halogens is 1. The van der Waals surface area contributed by atoms with Gasteiger partial charge in [-0.1, -0.05) is 5.21 Å². The summed E-state index contributed by atoms with van der Waals surface area (Å²) < 4.78 is 1.97. The molecule has 2 aromatic rings. The number of aromatic nitrogens is 4. The van der Waals surface area contributed by atoms with Gasteiger partial charge in [0.05, 0.1) is 24.0 Å². The first-order chi connectivity index (χ1) is 12.0. The topological polar surface area (TPSA) is 58.9 Å². The van der Waals surface area contributed by atoms with E-state index in [2.05, 4.69) is 57.9 Å². The summed E-state index contributed by atoms with van der Waals surface area (Å²) in [6, 6.07) is 0.651. The van der Waals surface area contributed by atoms with E-state index in [1.54, 1.807) is 11.3 Å². The van der Waals surface area contributed by atoms with Gasteiger partial charge in [0.1, 0.15) is 5.01 Å². The summed E-state index contributed by atoms with van der Waals surface area (Å²) in [5.41, 5.74) is 1.55. The zero-order valence-corrected chi connectivity index (χ0v) is 17.4. The summed E-state index contributed by atoms with van der Waals surface area (Å²) in [7, 11) is 0. The zero-order valence-electron chi connectivity index (χ0n) is 15.8. The van der Waals surface area contributed by atoms with E-state index in [1.165, 1.54) is 24.3 Å². The highest BCUT2D eigenvalue weighted by Crippen LogP contribution is 2.56. The maximum Gasteiger partial charge on any atom is 0.107 e. The molecule has 1 aliphatic carbocycles. The smallest absolute Gasteiger partial charge is 0.107 e. The fourth-order valence-corrected chi connectivity index (χ4v) is 4.63. The third-order valence-electron chi connectivity index (χ3n) is 5.60. The lowest BCUT2D eigenvalue weighted by molar-refractivity contribution is 0.186. The molecule has 144 valence electrons. The van der Waals surface area contributed by atoms with E-state index in [4.69, 9.17) is 0 Å². The molecule has 0 aromatic carbocycles. The van der Waals surface area contributed by atoms with Crippen molar-refractivity contribution in [3.8, 4) is 0 Å². The summed E-state index contributed by atoms with van der Waals surface area (Å²) in [6.45, 7) is 10.6. The summed E-state index contributed by atoms with van der Waals surface area (Å²) in [6.07, 6.45) is 7.91. The second-order valence-corrected chi connectivity index (χ2v) is 9.47. The molecule has 0 radical (unpaired) electrons. The third-order valence-corrected chi connectivity index (χ3v) is 6.37. The summed E-state index contributed by atoms with van der Waals surface area (Å²) in [5.74, 6) is 0. The van der Waals surface area contributed by atoms with Crippen LogP contribution in [0.4, 0.5) is 0 Å². The highest BCUT2D eigenvalue weighted by molar-refractivity contribution is 7.09. The van der Waals surface area contributed by atoms with Gasteiger partial charge in [0.2, 0.25) is 0 Å². The van der Waals surface area contributed by atoms with Crippen molar-refractivity contribution in [3.05, 3.63) is 28.5 Å². The molecule has 26 heavy (non-hydrogen) atoms. The van der Waals surface area contributed by atoms with Crippen LogP contribution >= 0.6 is 23.7 Å². The highest BCUT2D eigenvalue weighted by Gasteiger charge is 2.56. The summed E-state index contributed by atoms with van der Waals surface area (Å²) in [4.78, 5) is 7.09. The fourth-order valence-electron chi connectivity index (χ4n) is 3.99. The molecule has 8 heteroatoms. The molecule has 1 saturated heterocycles. The molecule has 3 heterocycles. The Morgan fingerprint density at radius 2 is 2.08 bits per heavy atom. The fraction of sp³-hybridized carbons (Fsp3) is 0.722. The van der Waals surface area contributed by atoms with Crippen LogP contribution in [0.3, 0.4) is 0 Å². The van der Waals surface area contributed by atoms with E-state index in [9.17, 15) is 0 Å². The lowest BCUT2D eigenvalue weighted by Gasteiger charge is -2.28. The molecular formula is C18H29ClN6S. The Morgan fingerprint density at radius 1 is 1.31 bits per heavy atom. The summed E-state index contributed by atoms with van der Waals surface area (Å²) in [5, 5.41) is 15.5. The Bertz CT molecular complexity index is 702. The van der Waals surface area contributed by atoms with E-state index in [-0.39, 0.29) is 17.9 Å². The van der Waals surface area contributed by atoms with Crippen LogP contribution in [0.5, 0.6) is 0 Å². The van der Waals surface area contributed by atoms with Gasteiger partial charge in [0, 0.05) is 24.2 Å². The van der Waals surface area contributed by atoms with Crippen LogP contribution in [0.1, 0.15) is 50.7 Å². The predicted molar refractivity (Wildman–Crippen MR) is 107 cm³/mol. The maximum atomic E-state index is 4.51. The first-order valence-corrected chi connectivity index (χ1v) is 10.1. The molecule has 6 nitrogen and oxygen atoms in total. The van der Waals surface area contributed by atoms with Crippen molar-refractivity contribution in [3.63, 3.8) is 0 Å². The Kier molecular flexibility index (Phi) is 5.72. The van der Waals surface area contributed by atoms with Crippen LogP contribution in [0.25, 0.3) is 0 Å². The molecule has 0 bridgehead atoms. The Balaban J connectivity index is 0.00000196. The maximum absolute atomic E-state index is 4.51. The first kappa shape index (κ1) is 19.7. The van der Waals surface area contributed by atoms with Crippen LogP contribution in [0.15, 0.2) is 17.8 Å². The Labute approximate surface area is 165 Å². The van der Waals surface area contributed by atoms with Gasteiger partial charge >= 0.3 is 0 Å². The molecule has 1 saturated carbocycles.